The van der Waals surface area contributed by atoms with Gasteiger partial charge in [-0.1, -0.05) is 19.3 Å². The lowest BCUT2D eigenvalue weighted by Crippen LogP contribution is -2.36. The van der Waals surface area contributed by atoms with Gasteiger partial charge in [-0.15, -0.1) is 0 Å². The number of carbonyl (C=O) groups is 2. The number of aromatic nitrogens is 5. The van der Waals surface area contributed by atoms with Crippen LogP contribution >= 0.6 is 0 Å². The van der Waals surface area contributed by atoms with Crippen LogP contribution in [0, 0.1) is 13.8 Å². The molecule has 33 heavy (non-hydrogen) atoms. The molecule has 1 fully saturated rings. The third kappa shape index (κ3) is 4.62. The first kappa shape index (κ1) is 22.9. The molecule has 3 heterocycles. The number of hydrogen-bond donors (Lipinski definition) is 2. The van der Waals surface area contributed by atoms with E-state index in [9.17, 15) is 9.59 Å². The maximum atomic E-state index is 13.4. The second kappa shape index (κ2) is 9.33. The summed E-state index contributed by atoms with van der Waals surface area (Å²) >= 11 is 0. The molecule has 176 valence electrons. The molecule has 2 N–H and O–H groups in total. The fourth-order valence-corrected chi connectivity index (χ4v) is 4.51. The summed E-state index contributed by atoms with van der Waals surface area (Å²) in [6.45, 7) is 10.4. The van der Waals surface area contributed by atoms with Gasteiger partial charge in [0.2, 0.25) is 0 Å². The number of rotatable bonds is 6. The third-order valence-corrected chi connectivity index (χ3v) is 6.19. The number of fused-ring (bicyclic) bond motifs is 1. The monoisotopic (exact) mass is 451 g/mol. The second-order valence-electron chi connectivity index (χ2n) is 9.14. The van der Waals surface area contributed by atoms with Crippen molar-refractivity contribution in [3.8, 4) is 0 Å². The van der Waals surface area contributed by atoms with Crippen LogP contribution in [-0.2, 0) is 6.54 Å². The largest absolute Gasteiger partial charge is 0.348 e. The molecule has 0 bridgehead atoms. The fourth-order valence-electron chi connectivity index (χ4n) is 4.51. The first-order chi connectivity index (χ1) is 15.8. The summed E-state index contributed by atoms with van der Waals surface area (Å²) in [5, 5.41) is 15.8. The lowest BCUT2D eigenvalue weighted by Gasteiger charge is -2.22. The fraction of sp³-hybridized carbons (Fsp3) is 0.542. The van der Waals surface area contributed by atoms with Gasteiger partial charge in [0.15, 0.2) is 11.3 Å². The molecule has 2 amide bonds. The first-order valence-electron chi connectivity index (χ1n) is 11.8. The van der Waals surface area contributed by atoms with E-state index in [4.69, 9.17) is 0 Å². The molecule has 1 aliphatic carbocycles. The van der Waals surface area contributed by atoms with E-state index in [1.165, 1.54) is 6.42 Å². The van der Waals surface area contributed by atoms with E-state index in [2.05, 4.69) is 25.8 Å². The van der Waals surface area contributed by atoms with Crippen molar-refractivity contribution in [1.82, 2.24) is 29.9 Å². The molecule has 0 aliphatic heterocycles. The summed E-state index contributed by atoms with van der Waals surface area (Å²) in [6.07, 6.45) is 7.14. The average molecular weight is 452 g/mol. The highest BCUT2D eigenvalue weighted by Crippen LogP contribution is 2.26. The van der Waals surface area contributed by atoms with Crippen LogP contribution < -0.4 is 10.6 Å². The van der Waals surface area contributed by atoms with Gasteiger partial charge < -0.3 is 10.6 Å². The maximum Gasteiger partial charge on any atom is 0.274 e. The number of aryl methyl sites for hydroxylation is 3. The van der Waals surface area contributed by atoms with E-state index < -0.39 is 0 Å². The van der Waals surface area contributed by atoms with Crippen molar-refractivity contribution in [1.29, 1.82) is 0 Å². The van der Waals surface area contributed by atoms with E-state index in [-0.39, 0.29) is 29.6 Å². The Morgan fingerprint density at radius 3 is 2.52 bits per heavy atom. The number of nitrogens with one attached hydrogen (secondary N) is 2. The zero-order chi connectivity index (χ0) is 23.7. The quantitative estimate of drug-likeness (QED) is 0.585. The van der Waals surface area contributed by atoms with Crippen LogP contribution in [0.5, 0.6) is 0 Å². The minimum absolute atomic E-state index is 0.115. The van der Waals surface area contributed by atoms with E-state index >= 15 is 0 Å². The van der Waals surface area contributed by atoms with Gasteiger partial charge in [0.1, 0.15) is 0 Å². The summed E-state index contributed by atoms with van der Waals surface area (Å²) < 4.78 is 3.51. The molecule has 0 radical (unpaired) electrons. The predicted molar refractivity (Wildman–Crippen MR) is 128 cm³/mol. The highest BCUT2D eigenvalue weighted by molar-refractivity contribution is 6.14. The molecular weight excluding hydrogens is 418 g/mol. The van der Waals surface area contributed by atoms with Crippen molar-refractivity contribution in [3.05, 3.63) is 34.9 Å². The van der Waals surface area contributed by atoms with Crippen LogP contribution in [0.4, 0.5) is 5.69 Å². The Morgan fingerprint density at radius 2 is 1.85 bits per heavy atom. The molecule has 0 spiro atoms. The Morgan fingerprint density at radius 1 is 1.12 bits per heavy atom. The van der Waals surface area contributed by atoms with Crippen LogP contribution in [0.2, 0.25) is 0 Å². The van der Waals surface area contributed by atoms with Gasteiger partial charge in [0, 0.05) is 30.5 Å². The minimum Gasteiger partial charge on any atom is -0.348 e. The second-order valence-corrected chi connectivity index (χ2v) is 9.14. The highest BCUT2D eigenvalue weighted by atomic mass is 16.2. The molecule has 4 rings (SSSR count). The zero-order valence-electron chi connectivity index (χ0n) is 20.1. The molecule has 1 saturated carbocycles. The first-order valence-corrected chi connectivity index (χ1v) is 11.8. The van der Waals surface area contributed by atoms with Crippen molar-refractivity contribution in [2.45, 2.75) is 85.4 Å². The number of amides is 2. The standard InChI is InChI=1S/C24H33N7O2/c1-6-30-13-19(21(29-30)24(33)26-17-10-8-7-9-11-17)27-23(32)18-12-15(4)25-22-20(18)16(5)28-31(22)14(2)3/h12-14,17H,6-11H2,1-5H3,(H,26,33)(H,27,32). The van der Waals surface area contributed by atoms with Crippen LogP contribution in [0.15, 0.2) is 12.3 Å². The Bertz CT molecular complexity index is 1190. The summed E-state index contributed by atoms with van der Waals surface area (Å²) in [7, 11) is 0. The number of pyridine rings is 1. The van der Waals surface area contributed by atoms with Gasteiger partial charge >= 0.3 is 0 Å². The van der Waals surface area contributed by atoms with Gasteiger partial charge in [-0.05, 0) is 53.5 Å². The molecule has 9 nitrogen and oxygen atoms in total. The van der Waals surface area contributed by atoms with Crippen molar-refractivity contribution in [2.75, 3.05) is 5.32 Å². The predicted octanol–water partition coefficient (Wildman–Crippen LogP) is 4.16. The number of carbonyl (C=O) groups excluding carboxylic acids is 2. The van der Waals surface area contributed by atoms with Crippen molar-refractivity contribution in [3.63, 3.8) is 0 Å². The van der Waals surface area contributed by atoms with Crippen LogP contribution in [0.25, 0.3) is 11.0 Å². The molecule has 0 saturated heterocycles. The van der Waals surface area contributed by atoms with Crippen LogP contribution in [0.1, 0.15) is 91.2 Å². The lowest BCUT2D eigenvalue weighted by atomic mass is 9.95. The summed E-state index contributed by atoms with van der Waals surface area (Å²) in [5.41, 5.74) is 3.31. The van der Waals surface area contributed by atoms with Gasteiger partial charge in [-0.3, -0.25) is 14.3 Å². The lowest BCUT2D eigenvalue weighted by molar-refractivity contribution is 0.0922. The Labute approximate surface area is 193 Å². The topological polar surface area (TPSA) is 107 Å². The smallest absolute Gasteiger partial charge is 0.274 e. The average Bonchev–Trinajstić information content (AvgIpc) is 3.34. The Hall–Kier alpha value is -3.23. The summed E-state index contributed by atoms with van der Waals surface area (Å²) in [4.78, 5) is 31.1. The number of anilines is 1. The SMILES string of the molecule is CCn1cc(NC(=O)c2cc(C)nc3c2c(C)nn3C(C)C)c(C(=O)NC2CCCCC2)n1. The molecule has 9 heteroatoms. The molecule has 1 aliphatic rings. The molecule has 0 unspecified atom stereocenters. The van der Waals surface area contributed by atoms with Gasteiger partial charge in [0.25, 0.3) is 11.8 Å². The van der Waals surface area contributed by atoms with E-state index in [1.54, 1.807) is 16.9 Å². The van der Waals surface area contributed by atoms with E-state index in [0.29, 0.717) is 23.4 Å². The van der Waals surface area contributed by atoms with Crippen molar-refractivity contribution >= 4 is 28.5 Å². The van der Waals surface area contributed by atoms with Gasteiger partial charge in [0.05, 0.1) is 22.3 Å². The van der Waals surface area contributed by atoms with Gasteiger partial charge in [-0.2, -0.15) is 10.2 Å². The minimum atomic E-state index is -0.306. The van der Waals surface area contributed by atoms with E-state index in [0.717, 1.165) is 42.5 Å². The Kier molecular flexibility index (Phi) is 6.49. The van der Waals surface area contributed by atoms with Crippen molar-refractivity contribution in [2.24, 2.45) is 0 Å². The van der Waals surface area contributed by atoms with Crippen molar-refractivity contribution < 1.29 is 9.59 Å². The maximum absolute atomic E-state index is 13.4. The normalized spacial score (nSPS) is 14.7. The van der Waals surface area contributed by atoms with Gasteiger partial charge in [-0.25, -0.2) is 9.67 Å². The highest BCUT2D eigenvalue weighted by Gasteiger charge is 2.25. The van der Waals surface area contributed by atoms with Crippen LogP contribution in [0.3, 0.4) is 0 Å². The zero-order valence-corrected chi connectivity index (χ0v) is 20.1. The molecule has 3 aromatic rings. The van der Waals surface area contributed by atoms with E-state index in [1.807, 2.05) is 39.3 Å². The molecular formula is C24H33N7O2. The molecule has 0 atom stereocenters. The molecule has 3 aromatic heterocycles. The number of hydrogen-bond acceptors (Lipinski definition) is 5. The number of nitrogens with zero attached hydrogens (tertiary/aromatic N) is 5. The third-order valence-electron chi connectivity index (χ3n) is 6.19. The summed E-state index contributed by atoms with van der Waals surface area (Å²) in [5.74, 6) is -0.552. The Balaban J connectivity index is 1.66. The van der Waals surface area contributed by atoms with Crippen LogP contribution in [-0.4, -0.2) is 42.4 Å². The molecule has 0 aromatic carbocycles. The summed E-state index contributed by atoms with van der Waals surface area (Å²) in [6, 6.07) is 2.04.